The summed E-state index contributed by atoms with van der Waals surface area (Å²) in [4.78, 5) is 7.39. The summed E-state index contributed by atoms with van der Waals surface area (Å²) in [6.45, 7) is 19.9. The lowest BCUT2D eigenvalue weighted by Gasteiger charge is -2.44. The summed E-state index contributed by atoms with van der Waals surface area (Å²) >= 11 is 0. The van der Waals surface area contributed by atoms with E-state index in [4.69, 9.17) is 4.98 Å². The molecule has 3 rings (SSSR count). The van der Waals surface area contributed by atoms with Crippen LogP contribution in [-0.4, -0.2) is 24.8 Å². The third kappa shape index (κ3) is 3.43. The molecule has 0 saturated carbocycles. The molecule has 144 valence electrons. The molecule has 0 aromatic carbocycles. The van der Waals surface area contributed by atoms with Gasteiger partial charge in [0.1, 0.15) is 5.82 Å². The van der Waals surface area contributed by atoms with Crippen LogP contribution in [0.2, 0.25) is 12.6 Å². The summed E-state index contributed by atoms with van der Waals surface area (Å²) in [5.74, 6) is 1.96. The first-order valence-corrected chi connectivity index (χ1v) is 10.8. The zero-order chi connectivity index (χ0) is 19.2. The molecular weight excluding hydrogens is 315 g/mol. The van der Waals surface area contributed by atoms with E-state index in [0.29, 0.717) is 23.0 Å². The molecule has 0 N–H and O–H groups in total. The minimum absolute atomic E-state index is 0.406. The van der Waals surface area contributed by atoms with Crippen molar-refractivity contribution < 1.29 is 0 Å². The number of anilines is 1. The van der Waals surface area contributed by atoms with Gasteiger partial charge in [-0.1, -0.05) is 79.1 Å². The van der Waals surface area contributed by atoms with Crippen molar-refractivity contribution in [3.05, 3.63) is 18.3 Å². The van der Waals surface area contributed by atoms with Gasteiger partial charge in [-0.15, -0.1) is 0 Å². The van der Waals surface area contributed by atoms with Crippen LogP contribution in [0, 0.1) is 22.2 Å². The second kappa shape index (κ2) is 6.87. The van der Waals surface area contributed by atoms with Crippen molar-refractivity contribution in [3.8, 4) is 0 Å². The van der Waals surface area contributed by atoms with Crippen molar-refractivity contribution in [1.29, 1.82) is 0 Å². The minimum atomic E-state index is 0.406. The molecule has 2 fully saturated rings. The molecular formula is C23H39BN2. The maximum Gasteiger partial charge on any atom is 0.179 e. The zero-order valence-corrected chi connectivity index (χ0v) is 18.2. The first-order chi connectivity index (χ1) is 12.1. The molecule has 26 heavy (non-hydrogen) atoms. The van der Waals surface area contributed by atoms with Crippen molar-refractivity contribution in [3.63, 3.8) is 0 Å². The van der Waals surface area contributed by atoms with E-state index in [1.165, 1.54) is 43.2 Å². The Kier molecular flexibility index (Phi) is 5.23. The van der Waals surface area contributed by atoms with Crippen LogP contribution >= 0.6 is 0 Å². The molecule has 0 unspecified atom stereocenters. The van der Waals surface area contributed by atoms with Crippen molar-refractivity contribution >= 4 is 18.0 Å². The third-order valence-electron chi connectivity index (χ3n) is 8.60. The average Bonchev–Trinajstić information content (AvgIpc) is 2.82. The molecule has 0 radical (unpaired) electrons. The van der Waals surface area contributed by atoms with Gasteiger partial charge in [-0.3, -0.25) is 0 Å². The number of aromatic nitrogens is 1. The molecule has 2 aliphatic heterocycles. The van der Waals surface area contributed by atoms with Crippen molar-refractivity contribution in [2.24, 2.45) is 22.2 Å². The second-order valence-corrected chi connectivity index (χ2v) is 10.7. The summed E-state index contributed by atoms with van der Waals surface area (Å²) in [5.41, 5.74) is 2.79. The summed E-state index contributed by atoms with van der Waals surface area (Å²) in [6.07, 6.45) is 8.63. The highest BCUT2D eigenvalue weighted by molar-refractivity contribution is 6.74. The SMILES string of the molecule is CCC1(C(C)C)CCN(c2ccc(B3CC(C)(C)C(C)(C)C3)cn2)CC1. The van der Waals surface area contributed by atoms with Crippen LogP contribution in [0.4, 0.5) is 5.82 Å². The predicted molar refractivity (Wildman–Crippen MR) is 116 cm³/mol. The van der Waals surface area contributed by atoms with E-state index in [0.717, 1.165) is 19.0 Å². The Morgan fingerprint density at radius 2 is 1.62 bits per heavy atom. The smallest absolute Gasteiger partial charge is 0.179 e. The Bertz CT molecular complexity index is 594. The fourth-order valence-electron chi connectivity index (χ4n) is 5.44. The van der Waals surface area contributed by atoms with Gasteiger partial charge in [-0.05, 0) is 41.1 Å². The molecule has 3 heteroatoms. The molecule has 0 spiro atoms. The van der Waals surface area contributed by atoms with Crippen LogP contribution in [0.1, 0.15) is 67.7 Å². The van der Waals surface area contributed by atoms with Gasteiger partial charge >= 0.3 is 0 Å². The Hall–Kier alpha value is -0.985. The summed E-state index contributed by atoms with van der Waals surface area (Å²) in [5, 5.41) is 0. The van der Waals surface area contributed by atoms with E-state index in [-0.39, 0.29) is 0 Å². The first-order valence-electron chi connectivity index (χ1n) is 10.8. The Morgan fingerprint density at radius 1 is 1.04 bits per heavy atom. The van der Waals surface area contributed by atoms with Gasteiger partial charge in [-0.2, -0.15) is 0 Å². The Morgan fingerprint density at radius 3 is 2.04 bits per heavy atom. The summed E-state index contributed by atoms with van der Waals surface area (Å²) in [7, 11) is 0. The third-order valence-corrected chi connectivity index (χ3v) is 8.60. The van der Waals surface area contributed by atoms with Gasteiger partial charge in [0, 0.05) is 19.3 Å². The zero-order valence-electron chi connectivity index (χ0n) is 18.2. The fraction of sp³-hybridized carbons (Fsp3) is 0.783. The van der Waals surface area contributed by atoms with E-state index < -0.39 is 0 Å². The van der Waals surface area contributed by atoms with E-state index in [1.807, 2.05) is 0 Å². The van der Waals surface area contributed by atoms with Gasteiger partial charge < -0.3 is 4.90 Å². The molecule has 0 atom stereocenters. The van der Waals surface area contributed by atoms with Gasteiger partial charge in [-0.25, -0.2) is 4.98 Å². The number of hydrogen-bond donors (Lipinski definition) is 0. The number of piperidine rings is 1. The minimum Gasteiger partial charge on any atom is -0.357 e. The Balaban J connectivity index is 1.66. The molecule has 0 aliphatic carbocycles. The van der Waals surface area contributed by atoms with Gasteiger partial charge in [0.15, 0.2) is 6.71 Å². The molecule has 1 aromatic heterocycles. The lowest BCUT2D eigenvalue weighted by molar-refractivity contribution is 0.132. The van der Waals surface area contributed by atoms with E-state index >= 15 is 0 Å². The lowest BCUT2D eigenvalue weighted by Crippen LogP contribution is -2.43. The van der Waals surface area contributed by atoms with Gasteiger partial charge in [0.2, 0.25) is 0 Å². The van der Waals surface area contributed by atoms with Crippen LogP contribution in [-0.2, 0) is 0 Å². The first kappa shape index (κ1) is 19.8. The van der Waals surface area contributed by atoms with Crippen molar-refractivity contribution in [2.45, 2.75) is 80.4 Å². The number of rotatable bonds is 4. The highest BCUT2D eigenvalue weighted by Gasteiger charge is 2.48. The summed E-state index contributed by atoms with van der Waals surface area (Å²) in [6, 6.07) is 4.64. The number of hydrogen-bond acceptors (Lipinski definition) is 2. The van der Waals surface area contributed by atoms with Crippen LogP contribution in [0.15, 0.2) is 18.3 Å². The Labute approximate surface area is 162 Å². The lowest BCUT2D eigenvalue weighted by atomic mass is 9.42. The van der Waals surface area contributed by atoms with Crippen molar-refractivity contribution in [2.75, 3.05) is 18.0 Å². The van der Waals surface area contributed by atoms with E-state index in [9.17, 15) is 0 Å². The maximum atomic E-state index is 4.89. The summed E-state index contributed by atoms with van der Waals surface area (Å²) < 4.78 is 0. The molecule has 0 amide bonds. The van der Waals surface area contributed by atoms with Crippen molar-refractivity contribution in [1.82, 2.24) is 4.98 Å². The largest absolute Gasteiger partial charge is 0.357 e. The second-order valence-electron chi connectivity index (χ2n) is 10.7. The molecule has 3 heterocycles. The predicted octanol–water partition coefficient (Wildman–Crippen LogP) is 5.50. The average molecular weight is 354 g/mol. The molecule has 2 nitrogen and oxygen atoms in total. The molecule has 2 aliphatic rings. The topological polar surface area (TPSA) is 16.1 Å². The number of pyridine rings is 1. The monoisotopic (exact) mass is 354 g/mol. The van der Waals surface area contributed by atoms with Gasteiger partial charge in [0.25, 0.3) is 0 Å². The highest BCUT2D eigenvalue weighted by Crippen LogP contribution is 2.52. The van der Waals surface area contributed by atoms with Gasteiger partial charge in [0.05, 0.1) is 0 Å². The highest BCUT2D eigenvalue weighted by atomic mass is 15.2. The fourth-order valence-corrected chi connectivity index (χ4v) is 5.44. The van der Waals surface area contributed by atoms with Crippen LogP contribution in [0.3, 0.4) is 0 Å². The van der Waals surface area contributed by atoms with Crippen LogP contribution in [0.25, 0.3) is 0 Å². The van der Waals surface area contributed by atoms with Crippen LogP contribution in [0.5, 0.6) is 0 Å². The molecule has 1 aromatic rings. The molecule has 0 bridgehead atoms. The molecule has 2 saturated heterocycles. The standard InChI is InChI=1S/C23H39BN2/c1-8-23(18(2)3)11-13-26(14-12-23)20-10-9-19(15-25-20)24-16-21(4,5)22(6,7)17-24/h9-10,15,18H,8,11-14,16-17H2,1-7H3. The van der Waals surface area contributed by atoms with E-state index in [2.05, 4.69) is 71.7 Å². The van der Waals surface area contributed by atoms with E-state index in [1.54, 1.807) is 0 Å². The quantitative estimate of drug-likeness (QED) is 0.664. The maximum absolute atomic E-state index is 4.89. The normalized spacial score (nSPS) is 24.3. The van der Waals surface area contributed by atoms with Crippen LogP contribution < -0.4 is 10.4 Å². The number of nitrogens with zero attached hydrogens (tertiary/aromatic N) is 2.